The summed E-state index contributed by atoms with van der Waals surface area (Å²) in [6.07, 6.45) is 0. The van der Waals surface area contributed by atoms with E-state index in [4.69, 9.17) is 9.84 Å². The molecule has 0 spiro atoms. The molecule has 0 fully saturated rings. The highest BCUT2D eigenvalue weighted by Gasteiger charge is 2.14. The summed E-state index contributed by atoms with van der Waals surface area (Å²) in [5.41, 5.74) is 0.722. The second-order valence-corrected chi connectivity index (χ2v) is 6.51. The van der Waals surface area contributed by atoms with Crippen molar-refractivity contribution in [1.29, 1.82) is 0 Å². The molecule has 0 atom stereocenters. The molecule has 0 saturated heterocycles. The molecule has 108 valence electrons. The minimum atomic E-state index is -3.50. The van der Waals surface area contributed by atoms with Crippen LogP contribution in [0.2, 0.25) is 0 Å². The lowest BCUT2D eigenvalue weighted by molar-refractivity contribution is 0.200. The predicted octanol–water partition coefficient (Wildman–Crippen LogP) is 1.60. The van der Waals surface area contributed by atoms with Gasteiger partial charge in [0.15, 0.2) is 0 Å². The van der Waals surface area contributed by atoms with Crippen LogP contribution in [0.5, 0.6) is 5.75 Å². The summed E-state index contributed by atoms with van der Waals surface area (Å²) >= 11 is 1.33. The van der Waals surface area contributed by atoms with Gasteiger partial charge in [0.25, 0.3) is 0 Å². The number of aliphatic hydroxyl groups excluding tert-OH is 1. The average Bonchev–Trinajstić information content (AvgIpc) is 2.99. The smallest absolute Gasteiger partial charge is 0.241 e. The number of nitrogens with one attached hydrogen (secondary N) is 1. The van der Waals surface area contributed by atoms with Crippen molar-refractivity contribution in [1.82, 2.24) is 4.72 Å². The van der Waals surface area contributed by atoms with E-state index in [-0.39, 0.29) is 24.7 Å². The molecule has 7 heteroatoms. The van der Waals surface area contributed by atoms with Crippen molar-refractivity contribution < 1.29 is 18.3 Å². The molecule has 1 aromatic heterocycles. The molecule has 2 aromatic rings. The minimum Gasteiger partial charge on any atom is -0.491 e. The van der Waals surface area contributed by atoms with E-state index in [0.29, 0.717) is 5.75 Å². The molecule has 2 N–H and O–H groups in total. The molecule has 0 bridgehead atoms. The SMILES string of the molecule is O=S(=O)(NCc1ccccc1OCCO)c1ccsc1. The lowest BCUT2D eigenvalue weighted by Crippen LogP contribution is -2.23. The van der Waals surface area contributed by atoms with Crippen molar-refractivity contribution >= 4 is 21.4 Å². The first kappa shape index (κ1) is 15.0. The Morgan fingerprint density at radius 3 is 2.75 bits per heavy atom. The first-order valence-corrected chi connectivity index (χ1v) is 8.39. The Morgan fingerprint density at radius 2 is 2.05 bits per heavy atom. The van der Waals surface area contributed by atoms with E-state index in [1.54, 1.807) is 41.1 Å². The van der Waals surface area contributed by atoms with Gasteiger partial charge in [-0.1, -0.05) is 18.2 Å². The van der Waals surface area contributed by atoms with Crippen molar-refractivity contribution in [2.45, 2.75) is 11.4 Å². The molecule has 0 radical (unpaired) electrons. The number of para-hydroxylation sites is 1. The normalized spacial score (nSPS) is 11.4. The van der Waals surface area contributed by atoms with Crippen LogP contribution in [-0.2, 0) is 16.6 Å². The quantitative estimate of drug-likeness (QED) is 0.814. The number of ether oxygens (including phenoxy) is 1. The summed E-state index contributed by atoms with van der Waals surface area (Å²) in [5.74, 6) is 0.564. The topological polar surface area (TPSA) is 75.6 Å². The van der Waals surface area contributed by atoms with Gasteiger partial charge in [-0.15, -0.1) is 0 Å². The number of rotatable bonds is 7. The summed E-state index contributed by atoms with van der Waals surface area (Å²) in [5, 5.41) is 12.1. The van der Waals surface area contributed by atoms with E-state index in [0.717, 1.165) is 5.56 Å². The van der Waals surface area contributed by atoms with Crippen molar-refractivity contribution in [3.63, 3.8) is 0 Å². The second-order valence-electron chi connectivity index (χ2n) is 3.96. The van der Waals surface area contributed by atoms with E-state index in [1.165, 1.54) is 11.3 Å². The van der Waals surface area contributed by atoms with E-state index in [1.807, 2.05) is 0 Å². The van der Waals surface area contributed by atoms with Crippen LogP contribution in [0.1, 0.15) is 5.56 Å². The van der Waals surface area contributed by atoms with Gasteiger partial charge in [0.05, 0.1) is 11.5 Å². The van der Waals surface area contributed by atoms with Gasteiger partial charge in [-0.3, -0.25) is 0 Å². The molecule has 1 aromatic carbocycles. The van der Waals surface area contributed by atoms with Crippen LogP contribution in [-0.4, -0.2) is 26.7 Å². The zero-order chi connectivity index (χ0) is 14.4. The van der Waals surface area contributed by atoms with Crippen LogP contribution in [0.3, 0.4) is 0 Å². The Labute approximate surface area is 121 Å². The van der Waals surface area contributed by atoms with Gasteiger partial charge in [-0.25, -0.2) is 13.1 Å². The lowest BCUT2D eigenvalue weighted by Gasteiger charge is -2.11. The number of benzene rings is 1. The summed E-state index contributed by atoms with van der Waals surface area (Å²) < 4.78 is 31.9. The van der Waals surface area contributed by atoms with Gasteiger partial charge in [-0.05, 0) is 17.5 Å². The van der Waals surface area contributed by atoms with E-state index in [9.17, 15) is 8.42 Å². The molecule has 20 heavy (non-hydrogen) atoms. The van der Waals surface area contributed by atoms with Crippen LogP contribution in [0.15, 0.2) is 46.0 Å². The third kappa shape index (κ3) is 3.80. The summed E-state index contributed by atoms with van der Waals surface area (Å²) in [6.45, 7) is 0.225. The fraction of sp³-hybridized carbons (Fsp3) is 0.231. The standard InChI is InChI=1S/C13H15NO4S2/c15-6-7-18-13-4-2-1-3-11(13)9-14-20(16,17)12-5-8-19-10-12/h1-5,8,10,14-15H,6-7,9H2. The molecule has 1 heterocycles. The number of hydrogen-bond acceptors (Lipinski definition) is 5. The first-order valence-electron chi connectivity index (χ1n) is 5.97. The third-order valence-corrected chi connectivity index (χ3v) is 4.81. The van der Waals surface area contributed by atoms with Crippen LogP contribution >= 0.6 is 11.3 Å². The van der Waals surface area contributed by atoms with Gasteiger partial charge in [0.2, 0.25) is 10.0 Å². The number of thiophene rings is 1. The third-order valence-electron chi connectivity index (χ3n) is 2.58. The number of aliphatic hydroxyl groups is 1. The Bertz CT molecular complexity index is 638. The fourth-order valence-electron chi connectivity index (χ4n) is 1.61. The molecule has 0 amide bonds. The summed E-state index contributed by atoms with van der Waals surface area (Å²) in [6, 6.07) is 8.68. The fourth-order valence-corrected chi connectivity index (χ4v) is 3.64. The van der Waals surface area contributed by atoms with Gasteiger partial charge in [-0.2, -0.15) is 11.3 Å². The van der Waals surface area contributed by atoms with Gasteiger partial charge in [0, 0.05) is 17.5 Å². The lowest BCUT2D eigenvalue weighted by atomic mass is 10.2. The van der Waals surface area contributed by atoms with Crippen molar-refractivity contribution in [3.8, 4) is 5.75 Å². The van der Waals surface area contributed by atoms with Crippen molar-refractivity contribution in [2.24, 2.45) is 0 Å². The van der Waals surface area contributed by atoms with Gasteiger partial charge < -0.3 is 9.84 Å². The van der Waals surface area contributed by atoms with Gasteiger partial charge >= 0.3 is 0 Å². The minimum absolute atomic E-state index is 0.0883. The summed E-state index contributed by atoms with van der Waals surface area (Å²) in [4.78, 5) is 0.260. The van der Waals surface area contributed by atoms with E-state index < -0.39 is 10.0 Å². The van der Waals surface area contributed by atoms with Crippen LogP contribution < -0.4 is 9.46 Å². The molecular weight excluding hydrogens is 298 g/mol. The zero-order valence-corrected chi connectivity index (χ0v) is 12.3. The zero-order valence-electron chi connectivity index (χ0n) is 10.7. The van der Waals surface area contributed by atoms with Gasteiger partial charge in [0.1, 0.15) is 12.4 Å². The molecule has 0 aliphatic carbocycles. The van der Waals surface area contributed by atoms with E-state index >= 15 is 0 Å². The molecule has 0 unspecified atom stereocenters. The maximum atomic E-state index is 12.0. The molecule has 2 rings (SSSR count). The Balaban J connectivity index is 2.07. The van der Waals surface area contributed by atoms with Crippen LogP contribution in [0.25, 0.3) is 0 Å². The van der Waals surface area contributed by atoms with Crippen LogP contribution in [0.4, 0.5) is 0 Å². The summed E-state index contributed by atoms with van der Waals surface area (Å²) in [7, 11) is -3.50. The molecule has 0 aliphatic rings. The van der Waals surface area contributed by atoms with E-state index in [2.05, 4.69) is 4.72 Å². The number of sulfonamides is 1. The Hall–Kier alpha value is -1.41. The predicted molar refractivity (Wildman–Crippen MR) is 77.4 cm³/mol. The largest absolute Gasteiger partial charge is 0.491 e. The molecule has 0 saturated carbocycles. The molecule has 0 aliphatic heterocycles. The first-order chi connectivity index (χ1) is 9.63. The Kier molecular flexibility index (Phi) is 5.13. The second kappa shape index (κ2) is 6.85. The highest BCUT2D eigenvalue weighted by Crippen LogP contribution is 2.19. The maximum Gasteiger partial charge on any atom is 0.241 e. The molecule has 5 nitrogen and oxygen atoms in total. The van der Waals surface area contributed by atoms with Crippen molar-refractivity contribution in [3.05, 3.63) is 46.7 Å². The van der Waals surface area contributed by atoms with Crippen LogP contribution in [0, 0.1) is 0 Å². The average molecular weight is 313 g/mol. The number of hydrogen-bond donors (Lipinski definition) is 2. The van der Waals surface area contributed by atoms with Crippen molar-refractivity contribution in [2.75, 3.05) is 13.2 Å². The Morgan fingerprint density at radius 1 is 1.25 bits per heavy atom. The highest BCUT2D eigenvalue weighted by atomic mass is 32.2. The molecular formula is C13H15NO4S2. The highest BCUT2D eigenvalue weighted by molar-refractivity contribution is 7.89. The monoisotopic (exact) mass is 313 g/mol. The maximum absolute atomic E-state index is 12.0.